The highest BCUT2D eigenvalue weighted by Gasteiger charge is 2.38. The van der Waals surface area contributed by atoms with E-state index >= 15 is 0 Å². The van der Waals surface area contributed by atoms with Gasteiger partial charge in [0.15, 0.2) is 0 Å². The van der Waals surface area contributed by atoms with E-state index in [1.807, 2.05) is 231 Å². The Morgan fingerprint density at radius 2 is 0.416 bits per heavy atom. The molecule has 30 aromatic rings. The monoisotopic (exact) mass is 1920 g/mol. The summed E-state index contributed by atoms with van der Waals surface area (Å²) in [4.78, 5) is 0. The molecular formula is C146H94O3. The van der Waals surface area contributed by atoms with E-state index in [-0.39, 0.29) is 148 Å². The molecular weight excluding hydrogens is 1800 g/mol. The van der Waals surface area contributed by atoms with E-state index in [1.165, 1.54) is 38.9 Å². The third kappa shape index (κ3) is 13.5. The van der Waals surface area contributed by atoms with Crippen molar-refractivity contribution in [1.29, 1.82) is 0 Å². The van der Waals surface area contributed by atoms with Gasteiger partial charge in [0.1, 0.15) is 33.5 Å². The van der Waals surface area contributed by atoms with Crippen molar-refractivity contribution in [2.24, 2.45) is 0 Å². The molecule has 0 atom stereocenters. The van der Waals surface area contributed by atoms with Crippen molar-refractivity contribution in [2.45, 2.75) is 38.5 Å². The van der Waals surface area contributed by atoms with Gasteiger partial charge in [-0.05, 0) is 343 Å². The molecule has 696 valence electrons. The molecule has 0 unspecified atom stereocenters. The molecule has 0 fully saturated rings. The van der Waals surface area contributed by atoms with Crippen molar-refractivity contribution in [3.8, 4) is 111 Å². The van der Waals surface area contributed by atoms with Crippen LogP contribution in [0.1, 0.15) is 82.8 Å². The Morgan fingerprint density at radius 3 is 0.812 bits per heavy atom. The molecule has 0 aliphatic heterocycles. The summed E-state index contributed by atoms with van der Waals surface area (Å²) in [5.74, 6) is 0. The minimum absolute atomic E-state index is 0.129. The molecule has 0 amide bonds. The van der Waals surface area contributed by atoms with Crippen LogP contribution in [0.25, 0.3) is 296 Å². The minimum Gasteiger partial charge on any atom is -0.456 e. The third-order valence-corrected chi connectivity index (χ3v) is 31.2. The first-order valence-electron chi connectivity index (χ1n) is 61.9. The Balaban J connectivity index is 0.000000114. The predicted octanol–water partition coefficient (Wildman–Crippen LogP) is 41.4. The number of hydrogen-bond acceptors (Lipinski definition) is 3. The van der Waals surface area contributed by atoms with Crippen molar-refractivity contribution >= 4 is 184 Å². The molecule has 2 aliphatic carbocycles. The van der Waals surface area contributed by atoms with Gasteiger partial charge in [0, 0.05) is 43.1 Å². The van der Waals surface area contributed by atoms with Gasteiger partial charge >= 0.3 is 0 Å². The molecule has 3 heterocycles. The number of hydrogen-bond donors (Lipinski definition) is 0. The zero-order valence-electron chi connectivity index (χ0n) is 105. The fourth-order valence-electron chi connectivity index (χ4n) is 24.2. The fourth-order valence-corrected chi connectivity index (χ4v) is 24.2. The number of rotatable bonds is 8. The normalized spacial score (nSPS) is 15.2. The second kappa shape index (κ2) is 33.4. The van der Waals surface area contributed by atoms with Crippen molar-refractivity contribution in [2.75, 3.05) is 0 Å². The van der Waals surface area contributed by atoms with Gasteiger partial charge in [0.05, 0.1) is 32.9 Å². The van der Waals surface area contributed by atoms with E-state index in [0.29, 0.717) is 100 Å². The third-order valence-electron chi connectivity index (χ3n) is 31.2. The summed E-state index contributed by atoms with van der Waals surface area (Å²) >= 11 is 0. The number of benzene rings is 27. The summed E-state index contributed by atoms with van der Waals surface area (Å²) in [6.07, 6.45) is 0. The van der Waals surface area contributed by atoms with E-state index in [1.54, 1.807) is 18.2 Å². The largest absolute Gasteiger partial charge is 0.456 e. The summed E-state index contributed by atoms with van der Waals surface area (Å²) < 4.78 is 238. The maximum absolute atomic E-state index is 9.47. The highest BCUT2D eigenvalue weighted by Crippen LogP contribution is 2.56. The Labute approximate surface area is 894 Å². The number of fused-ring (bicyclic) bond motifs is 27. The molecule has 0 saturated carbocycles. The lowest BCUT2D eigenvalue weighted by atomic mass is 9.82. The maximum atomic E-state index is 9.47. The molecule has 3 nitrogen and oxygen atoms in total. The highest BCUT2D eigenvalue weighted by molar-refractivity contribution is 6.29. The van der Waals surface area contributed by atoms with Crippen LogP contribution in [0.15, 0.2) is 510 Å². The number of furan rings is 3. The molecule has 0 radical (unpaired) electrons. The summed E-state index contributed by atoms with van der Waals surface area (Å²) in [5, 5.41) is 16.9. The van der Waals surface area contributed by atoms with Crippen LogP contribution in [0.4, 0.5) is 0 Å². The first kappa shape index (κ1) is 64.8. The Kier molecular flexibility index (Phi) is 14.5. The van der Waals surface area contributed by atoms with E-state index in [0.717, 1.165) is 114 Å². The van der Waals surface area contributed by atoms with Gasteiger partial charge in [0.25, 0.3) is 0 Å². The summed E-state index contributed by atoms with van der Waals surface area (Å²) in [5.41, 5.74) is 22.4. The van der Waals surface area contributed by atoms with Gasteiger partial charge in [-0.15, -0.1) is 0 Å². The molecule has 27 aromatic carbocycles. The second-order valence-electron chi connectivity index (χ2n) is 40.0. The van der Waals surface area contributed by atoms with Crippen molar-refractivity contribution in [3.63, 3.8) is 0 Å². The maximum Gasteiger partial charge on any atom is 0.136 e. The Morgan fingerprint density at radius 1 is 0.148 bits per heavy atom. The SMILES string of the molecule is [2H]c1c([2H])c([2H])c2c(-c3ccc4oc5cc6ccccc6cc5c4c3)c3c([2H])c([2H])c([2H])c([2H])c3c(-c3ccc(-c4ccc5c(c4)-c4ccccc4C5(C)C)cc3)c2c1[2H].[2H]c1c([2H])c([2H])c2c(-c3ccc4oc5cc6ccccc6cc5c4c3)c3c([2H])c([2H])c([2H])c([2H])c3c(-c3cccc(-c4ccc5c(c4)-c4ccccc4C5(C)C)c3)c2c1[2H].[2H]c1c([2H])c([2H])c2c(-c3cccc4c3ccc3ccccc34)c3c([2H])c([2H])c([2H])c([2H])c3c(-c3ccc4oc5cc6ccccc6cc5c4c3)c2c1[2H]. The van der Waals surface area contributed by atoms with Crippen molar-refractivity contribution in [1.82, 2.24) is 0 Å². The van der Waals surface area contributed by atoms with Gasteiger partial charge in [-0.1, -0.05) is 434 Å². The van der Waals surface area contributed by atoms with Crippen molar-refractivity contribution in [3.05, 3.63) is 519 Å². The van der Waals surface area contributed by atoms with Crippen LogP contribution in [0.2, 0.25) is 0 Å². The van der Waals surface area contributed by atoms with E-state index in [4.69, 9.17) is 29.7 Å². The lowest BCUT2D eigenvalue weighted by Gasteiger charge is -2.21. The molecule has 0 spiro atoms. The highest BCUT2D eigenvalue weighted by atomic mass is 16.3. The molecule has 0 N–H and O–H groups in total. The van der Waals surface area contributed by atoms with Gasteiger partial charge in [-0.2, -0.15) is 0 Å². The van der Waals surface area contributed by atoms with Crippen LogP contribution < -0.4 is 0 Å². The van der Waals surface area contributed by atoms with Gasteiger partial charge < -0.3 is 13.3 Å². The van der Waals surface area contributed by atoms with Crippen LogP contribution in [0.5, 0.6) is 0 Å². The zero-order valence-corrected chi connectivity index (χ0v) is 80.7. The minimum atomic E-state index is -0.434. The molecule has 2 aliphatic rings. The van der Waals surface area contributed by atoms with Gasteiger partial charge in [-0.25, -0.2) is 0 Å². The van der Waals surface area contributed by atoms with E-state index in [2.05, 4.69) is 131 Å². The first-order chi connectivity index (χ1) is 83.3. The second-order valence-corrected chi connectivity index (χ2v) is 40.0. The smallest absolute Gasteiger partial charge is 0.136 e. The quantitative estimate of drug-likeness (QED) is 0.112. The Bertz CT molecular complexity index is 12300. The molecule has 3 heteroatoms. The topological polar surface area (TPSA) is 39.4 Å². The lowest BCUT2D eigenvalue weighted by molar-refractivity contribution is 0.660. The average Bonchev–Trinajstić information content (AvgIpc) is 1.18. The fraction of sp³-hybridized carbons (Fsp3) is 0.0411. The average molecular weight is 1920 g/mol. The van der Waals surface area contributed by atoms with Crippen LogP contribution in [0.3, 0.4) is 0 Å². The van der Waals surface area contributed by atoms with Gasteiger partial charge in [-0.3, -0.25) is 0 Å². The summed E-state index contributed by atoms with van der Waals surface area (Å²) in [7, 11) is 0. The predicted molar refractivity (Wildman–Crippen MR) is 632 cm³/mol. The van der Waals surface area contributed by atoms with Crippen LogP contribution in [-0.4, -0.2) is 0 Å². The van der Waals surface area contributed by atoms with Crippen LogP contribution >= 0.6 is 0 Å². The zero-order chi connectivity index (χ0) is 119. The summed E-state index contributed by atoms with van der Waals surface area (Å²) in [6.45, 7) is 8.96. The van der Waals surface area contributed by atoms with E-state index in [9.17, 15) is 16.4 Å². The molecule has 149 heavy (non-hydrogen) atoms. The molecule has 0 bridgehead atoms. The van der Waals surface area contributed by atoms with Crippen molar-refractivity contribution < 1.29 is 46.1 Å². The van der Waals surface area contributed by atoms with Crippen LogP contribution in [0, 0.1) is 0 Å². The standard InChI is InChI=1S/2C51H34O.C44H26O/c1-51(2)45-21-10-9-16-37(45)42-27-34(22-24-46(42)51)31-14-11-15-35(26-31)49-38-17-5-7-19-40(38)50(41-20-8-6-18-39(41)49)36-23-25-47-43(29-36)44-28-32-12-3-4-13-33(32)30-48(44)52-47;1-51(2)45-18-10-9-13-37(45)42-27-35(23-25-46(42)51)31-19-21-32(22-20-31)49-38-14-5-7-16-40(38)50(41-17-8-6-15-39(41)49)36-24-26-47-43(29-36)44-28-33-11-3-4-12-34(33)30-48(44)52-47;1-2-12-29-26-42-40(24-28(29)11-1)39-25-30(21-23-41(39)45-42)43-35-14-5-7-16-37(35)44(38-17-8-6-15-36(38)43)34-19-9-18-32-31-13-4-3-10-27(31)20-22-33(32)34/h2*3-30H,1-2H3;1-26H/i5D,6D,7D,8D,17D,18D,19D,20D;2*5D,6D,7D,8D,14D,15D,16D,17D. The van der Waals surface area contributed by atoms with E-state index < -0.39 is 72.5 Å². The lowest BCUT2D eigenvalue weighted by Crippen LogP contribution is -2.14. The first-order valence-corrected chi connectivity index (χ1v) is 49.9. The molecule has 3 aromatic heterocycles. The van der Waals surface area contributed by atoms with Gasteiger partial charge in [0.2, 0.25) is 0 Å². The summed E-state index contributed by atoms with van der Waals surface area (Å²) in [6, 6.07) is 107. The van der Waals surface area contributed by atoms with Crippen LogP contribution in [-0.2, 0) is 10.8 Å². The molecule has 32 rings (SSSR count). The Hall–Kier alpha value is -18.8. The molecule has 0 saturated heterocycles.